The van der Waals surface area contributed by atoms with Gasteiger partial charge < -0.3 is 9.84 Å². The number of esters is 1. The van der Waals surface area contributed by atoms with E-state index in [1.54, 1.807) is 25.1 Å². The van der Waals surface area contributed by atoms with Crippen molar-refractivity contribution in [3.05, 3.63) is 34.9 Å². The number of aliphatic carboxylic acids is 1. The lowest BCUT2D eigenvalue weighted by Gasteiger charge is -2.12. The number of halogens is 3. The van der Waals surface area contributed by atoms with Crippen molar-refractivity contribution in [2.45, 2.75) is 33.1 Å². The smallest absolute Gasteiger partial charge is 0.481 e. The van der Waals surface area contributed by atoms with Crippen molar-refractivity contribution in [3.8, 4) is 0 Å². The lowest BCUT2D eigenvalue weighted by atomic mass is 9.97. The minimum absolute atomic E-state index is 0.246. The van der Waals surface area contributed by atoms with Crippen molar-refractivity contribution in [3.63, 3.8) is 0 Å². The number of rotatable bonds is 5. The van der Waals surface area contributed by atoms with Gasteiger partial charge in [-0.05, 0) is 30.0 Å². The van der Waals surface area contributed by atoms with Gasteiger partial charge in [-0.1, -0.05) is 25.1 Å². The van der Waals surface area contributed by atoms with Gasteiger partial charge in [-0.3, -0.25) is 4.79 Å². The van der Waals surface area contributed by atoms with Gasteiger partial charge in [-0.2, -0.15) is 13.2 Å². The summed E-state index contributed by atoms with van der Waals surface area (Å²) in [5.74, 6) is -3.81. The van der Waals surface area contributed by atoms with Crippen LogP contribution in [0.4, 0.5) is 13.2 Å². The van der Waals surface area contributed by atoms with Crippen LogP contribution in [0.2, 0.25) is 0 Å². The first-order valence-corrected chi connectivity index (χ1v) is 6.16. The number of aryl methyl sites for hydroxylation is 1. The molecule has 1 N–H and O–H groups in total. The molecule has 0 aliphatic carbocycles. The highest BCUT2D eigenvalue weighted by Gasteiger charge is 2.40. The average Bonchev–Trinajstić information content (AvgIpc) is 2.37. The van der Waals surface area contributed by atoms with Crippen molar-refractivity contribution in [1.29, 1.82) is 0 Å². The van der Waals surface area contributed by atoms with Crippen molar-refractivity contribution in [2.24, 2.45) is 5.92 Å². The van der Waals surface area contributed by atoms with Crippen LogP contribution in [0.3, 0.4) is 0 Å². The molecular weight excluding hydrogens is 289 g/mol. The van der Waals surface area contributed by atoms with E-state index in [0.29, 0.717) is 16.7 Å². The maximum atomic E-state index is 12.1. The van der Waals surface area contributed by atoms with Crippen LogP contribution in [0.25, 0.3) is 0 Å². The maximum absolute atomic E-state index is 12.1. The monoisotopic (exact) mass is 304 g/mol. The van der Waals surface area contributed by atoms with Gasteiger partial charge in [0.25, 0.3) is 0 Å². The Morgan fingerprint density at radius 2 is 1.95 bits per heavy atom. The molecule has 0 amide bonds. The first kappa shape index (κ1) is 17.0. The summed E-state index contributed by atoms with van der Waals surface area (Å²) in [6, 6.07) is 4.91. The van der Waals surface area contributed by atoms with Gasteiger partial charge in [-0.25, -0.2) is 4.79 Å². The summed E-state index contributed by atoms with van der Waals surface area (Å²) in [5.41, 5.74) is 1.74. The molecule has 0 aliphatic rings. The Morgan fingerprint density at radius 3 is 2.48 bits per heavy atom. The van der Waals surface area contributed by atoms with Crippen LogP contribution in [0.1, 0.15) is 23.6 Å². The molecule has 0 spiro atoms. The van der Waals surface area contributed by atoms with E-state index in [-0.39, 0.29) is 6.42 Å². The fraction of sp³-hybridized carbons (Fsp3) is 0.429. The van der Waals surface area contributed by atoms with Gasteiger partial charge in [0.15, 0.2) is 0 Å². The first-order valence-electron chi connectivity index (χ1n) is 6.16. The molecule has 0 fully saturated rings. The van der Waals surface area contributed by atoms with Crippen LogP contribution in [0, 0.1) is 12.8 Å². The van der Waals surface area contributed by atoms with Crippen LogP contribution in [-0.4, -0.2) is 23.2 Å². The Kier molecular flexibility index (Phi) is 5.34. The van der Waals surface area contributed by atoms with Gasteiger partial charge in [0, 0.05) is 0 Å². The molecule has 7 heteroatoms. The minimum Gasteiger partial charge on any atom is -0.481 e. The van der Waals surface area contributed by atoms with Crippen LogP contribution < -0.4 is 0 Å². The van der Waals surface area contributed by atoms with Crippen molar-refractivity contribution in [2.75, 3.05) is 0 Å². The Balaban J connectivity index is 2.79. The fourth-order valence-electron chi connectivity index (χ4n) is 1.67. The first-order chi connectivity index (χ1) is 9.61. The third-order valence-electron chi connectivity index (χ3n) is 2.97. The van der Waals surface area contributed by atoms with Crippen molar-refractivity contribution in [1.82, 2.24) is 0 Å². The summed E-state index contributed by atoms with van der Waals surface area (Å²) in [7, 11) is 0. The predicted octanol–water partition coefficient (Wildman–Crippen LogP) is 2.86. The number of benzene rings is 1. The van der Waals surface area contributed by atoms with E-state index in [1.807, 2.05) is 0 Å². The number of ether oxygens (including phenoxy) is 1. The highest BCUT2D eigenvalue weighted by Crippen LogP contribution is 2.20. The molecule has 1 unspecified atom stereocenters. The molecule has 0 radical (unpaired) electrons. The SMILES string of the molecule is Cc1ccc(CC(C)C(=O)O)cc1COC(=O)C(F)(F)F. The van der Waals surface area contributed by atoms with Gasteiger partial charge >= 0.3 is 18.1 Å². The molecule has 0 heterocycles. The average molecular weight is 304 g/mol. The molecular formula is C14H15F3O4. The molecule has 0 aliphatic heterocycles. The van der Waals surface area contributed by atoms with Crippen LogP contribution >= 0.6 is 0 Å². The van der Waals surface area contributed by atoms with Crippen LogP contribution in [0.15, 0.2) is 18.2 Å². The lowest BCUT2D eigenvalue weighted by Crippen LogP contribution is -2.25. The minimum atomic E-state index is -5.02. The van der Waals surface area contributed by atoms with E-state index >= 15 is 0 Å². The number of alkyl halides is 3. The molecule has 1 aromatic rings. The summed E-state index contributed by atoms with van der Waals surface area (Å²) < 4.78 is 40.4. The number of carboxylic acid groups (broad SMARTS) is 1. The summed E-state index contributed by atoms with van der Waals surface area (Å²) in [5, 5.41) is 8.84. The molecule has 0 saturated carbocycles. The highest BCUT2D eigenvalue weighted by molar-refractivity contribution is 5.75. The lowest BCUT2D eigenvalue weighted by molar-refractivity contribution is -0.201. The van der Waals surface area contributed by atoms with E-state index in [0.717, 1.165) is 0 Å². The highest BCUT2D eigenvalue weighted by atomic mass is 19.4. The largest absolute Gasteiger partial charge is 0.490 e. The molecule has 0 bridgehead atoms. The second-order valence-corrected chi connectivity index (χ2v) is 4.78. The predicted molar refractivity (Wildman–Crippen MR) is 67.5 cm³/mol. The second kappa shape index (κ2) is 6.60. The summed E-state index contributed by atoms with van der Waals surface area (Å²) in [6.45, 7) is 2.70. The Bertz CT molecular complexity index is 538. The number of hydrogen-bond donors (Lipinski definition) is 1. The van der Waals surface area contributed by atoms with E-state index in [1.165, 1.54) is 6.92 Å². The Morgan fingerprint density at radius 1 is 1.33 bits per heavy atom. The Labute approximate surface area is 119 Å². The zero-order chi connectivity index (χ0) is 16.2. The van der Waals surface area contributed by atoms with E-state index < -0.39 is 30.6 Å². The van der Waals surface area contributed by atoms with Gasteiger partial charge in [0.05, 0.1) is 5.92 Å². The molecule has 21 heavy (non-hydrogen) atoms. The summed E-state index contributed by atoms with van der Waals surface area (Å²) in [4.78, 5) is 21.5. The Hall–Kier alpha value is -2.05. The van der Waals surface area contributed by atoms with E-state index in [2.05, 4.69) is 4.74 Å². The summed E-state index contributed by atoms with van der Waals surface area (Å²) >= 11 is 0. The van der Waals surface area contributed by atoms with Gasteiger partial charge in [-0.15, -0.1) is 0 Å². The molecule has 116 valence electrons. The van der Waals surface area contributed by atoms with Gasteiger partial charge in [0.1, 0.15) is 6.61 Å². The fourth-order valence-corrected chi connectivity index (χ4v) is 1.67. The molecule has 0 aromatic heterocycles. The zero-order valence-corrected chi connectivity index (χ0v) is 11.5. The second-order valence-electron chi connectivity index (χ2n) is 4.78. The zero-order valence-electron chi connectivity index (χ0n) is 11.5. The van der Waals surface area contributed by atoms with Crippen LogP contribution in [0.5, 0.6) is 0 Å². The van der Waals surface area contributed by atoms with Gasteiger partial charge in [0.2, 0.25) is 0 Å². The maximum Gasteiger partial charge on any atom is 0.490 e. The normalized spacial score (nSPS) is 12.8. The molecule has 0 saturated heterocycles. The number of carboxylic acids is 1. The van der Waals surface area contributed by atoms with Crippen molar-refractivity contribution < 1.29 is 32.6 Å². The molecule has 1 atom stereocenters. The standard InChI is InChI=1S/C14H15F3O4/c1-8-3-4-10(5-9(2)12(18)19)6-11(8)7-21-13(20)14(15,16)17/h3-4,6,9H,5,7H2,1-2H3,(H,18,19). The molecule has 1 rings (SSSR count). The third-order valence-corrected chi connectivity index (χ3v) is 2.97. The van der Waals surface area contributed by atoms with E-state index in [9.17, 15) is 22.8 Å². The third kappa shape index (κ3) is 5.09. The topological polar surface area (TPSA) is 63.6 Å². The molecule has 4 nitrogen and oxygen atoms in total. The number of carbonyl (C=O) groups excluding carboxylic acids is 1. The number of carbonyl (C=O) groups is 2. The van der Waals surface area contributed by atoms with Crippen molar-refractivity contribution >= 4 is 11.9 Å². The summed E-state index contributed by atoms with van der Waals surface area (Å²) in [6.07, 6.45) is -4.78. The van der Waals surface area contributed by atoms with Crippen LogP contribution in [-0.2, 0) is 27.4 Å². The number of hydrogen-bond acceptors (Lipinski definition) is 3. The van der Waals surface area contributed by atoms with E-state index in [4.69, 9.17) is 5.11 Å². The molecule has 1 aromatic carbocycles. The quantitative estimate of drug-likeness (QED) is 0.850.